The van der Waals surface area contributed by atoms with E-state index in [-0.39, 0.29) is 17.5 Å². The first-order valence-corrected chi connectivity index (χ1v) is 9.88. The number of H-pyrrole nitrogens is 1. The van der Waals surface area contributed by atoms with Gasteiger partial charge in [0.25, 0.3) is 17.4 Å². The highest BCUT2D eigenvalue weighted by atomic mass is 32.1. The molecule has 4 rings (SSSR count). The molecule has 0 aliphatic heterocycles. The summed E-state index contributed by atoms with van der Waals surface area (Å²) in [6.45, 7) is 0. The van der Waals surface area contributed by atoms with Crippen molar-refractivity contribution in [2.75, 3.05) is 0 Å². The third kappa shape index (κ3) is 2.96. The maximum atomic E-state index is 12.9. The number of aryl methyl sites for hydroxylation is 2. The fourth-order valence-electron chi connectivity index (χ4n) is 3.99. The summed E-state index contributed by atoms with van der Waals surface area (Å²) in [5, 5.41) is 5.06. The van der Waals surface area contributed by atoms with Crippen LogP contribution in [0.25, 0.3) is 0 Å². The topological polar surface area (TPSA) is 105 Å². The largest absolute Gasteiger partial charge is 0.365 e. The summed E-state index contributed by atoms with van der Waals surface area (Å²) >= 11 is 1.67. The van der Waals surface area contributed by atoms with Crippen LogP contribution in [-0.4, -0.2) is 16.8 Å². The van der Waals surface area contributed by atoms with Gasteiger partial charge in [0.15, 0.2) is 0 Å². The molecule has 2 aromatic heterocycles. The van der Waals surface area contributed by atoms with E-state index >= 15 is 0 Å². The molecule has 4 N–H and O–H groups in total. The van der Waals surface area contributed by atoms with E-state index in [1.165, 1.54) is 16.9 Å². The standard InChI is InChI=1S/C19H21N3O3S/c20-17(23)12-8-11-14(21-18(12)24)5-3-6-15(11)22-19(25)13-9-26-16-7-2-1-4-10(13)16/h8-9,15H,1-7H2,(H2,20,23)(H,21,24)(H,22,25). The summed E-state index contributed by atoms with van der Waals surface area (Å²) in [5.41, 5.74) is 8.32. The highest BCUT2D eigenvalue weighted by Gasteiger charge is 2.27. The number of aromatic amines is 1. The van der Waals surface area contributed by atoms with E-state index in [9.17, 15) is 14.4 Å². The first-order valence-electron chi connectivity index (χ1n) is 9.00. The molecule has 7 heteroatoms. The van der Waals surface area contributed by atoms with Gasteiger partial charge in [0.2, 0.25) is 0 Å². The Morgan fingerprint density at radius 1 is 1.15 bits per heavy atom. The van der Waals surface area contributed by atoms with Crippen LogP contribution in [0.4, 0.5) is 0 Å². The Labute approximate surface area is 154 Å². The lowest BCUT2D eigenvalue weighted by Gasteiger charge is -2.26. The summed E-state index contributed by atoms with van der Waals surface area (Å²) in [4.78, 5) is 40.4. The van der Waals surface area contributed by atoms with Crippen LogP contribution in [0, 0.1) is 0 Å². The second-order valence-corrected chi connectivity index (χ2v) is 7.95. The molecule has 2 amide bonds. The van der Waals surface area contributed by atoms with Crippen LogP contribution in [0.5, 0.6) is 0 Å². The van der Waals surface area contributed by atoms with E-state index in [2.05, 4.69) is 10.3 Å². The molecule has 1 atom stereocenters. The molecule has 0 spiro atoms. The second kappa shape index (κ2) is 6.72. The van der Waals surface area contributed by atoms with Gasteiger partial charge in [-0.1, -0.05) is 0 Å². The van der Waals surface area contributed by atoms with E-state index < -0.39 is 11.5 Å². The van der Waals surface area contributed by atoms with Crippen LogP contribution in [-0.2, 0) is 19.3 Å². The molecule has 0 saturated carbocycles. The van der Waals surface area contributed by atoms with Gasteiger partial charge in [-0.25, -0.2) is 0 Å². The Morgan fingerprint density at radius 2 is 1.96 bits per heavy atom. The Morgan fingerprint density at radius 3 is 2.77 bits per heavy atom. The maximum Gasteiger partial charge on any atom is 0.261 e. The van der Waals surface area contributed by atoms with Gasteiger partial charge >= 0.3 is 0 Å². The lowest BCUT2D eigenvalue weighted by molar-refractivity contribution is 0.0931. The average Bonchev–Trinajstić information content (AvgIpc) is 3.05. The molecule has 136 valence electrons. The number of thiophene rings is 1. The van der Waals surface area contributed by atoms with Crippen molar-refractivity contribution in [2.45, 2.75) is 51.0 Å². The number of hydrogen-bond acceptors (Lipinski definition) is 4. The summed E-state index contributed by atoms with van der Waals surface area (Å²) < 4.78 is 0. The summed E-state index contributed by atoms with van der Waals surface area (Å²) in [6.07, 6.45) is 6.70. The van der Waals surface area contributed by atoms with Gasteiger partial charge in [-0.3, -0.25) is 14.4 Å². The van der Waals surface area contributed by atoms with Crippen molar-refractivity contribution in [3.63, 3.8) is 0 Å². The Bertz CT molecular complexity index is 944. The predicted octanol–water partition coefficient (Wildman–Crippen LogP) is 2.22. The first-order chi connectivity index (χ1) is 12.5. The molecular weight excluding hydrogens is 350 g/mol. The van der Waals surface area contributed by atoms with E-state index in [0.29, 0.717) is 0 Å². The molecule has 2 aromatic rings. The molecule has 2 heterocycles. The van der Waals surface area contributed by atoms with Crippen molar-refractivity contribution < 1.29 is 9.59 Å². The van der Waals surface area contributed by atoms with E-state index in [0.717, 1.165) is 55.3 Å². The van der Waals surface area contributed by atoms with Gasteiger partial charge in [0, 0.05) is 16.0 Å². The molecule has 26 heavy (non-hydrogen) atoms. The molecule has 0 aromatic carbocycles. The fourth-order valence-corrected chi connectivity index (χ4v) is 5.12. The van der Waals surface area contributed by atoms with Crippen LogP contribution < -0.4 is 16.6 Å². The van der Waals surface area contributed by atoms with Crippen LogP contribution in [0.2, 0.25) is 0 Å². The van der Waals surface area contributed by atoms with Gasteiger partial charge < -0.3 is 16.0 Å². The number of nitrogens with one attached hydrogen (secondary N) is 2. The molecule has 0 bridgehead atoms. The highest BCUT2D eigenvalue weighted by Crippen LogP contribution is 2.32. The summed E-state index contributed by atoms with van der Waals surface area (Å²) in [7, 11) is 0. The number of nitrogens with two attached hydrogens (primary N) is 1. The molecule has 0 fully saturated rings. The van der Waals surface area contributed by atoms with Crippen molar-refractivity contribution in [1.29, 1.82) is 0 Å². The number of pyridine rings is 1. The lowest BCUT2D eigenvalue weighted by Crippen LogP contribution is -2.34. The van der Waals surface area contributed by atoms with Crippen LogP contribution in [0.1, 0.15) is 74.1 Å². The molecule has 0 saturated heterocycles. The second-order valence-electron chi connectivity index (χ2n) is 6.99. The zero-order valence-corrected chi connectivity index (χ0v) is 15.2. The predicted molar refractivity (Wildman–Crippen MR) is 99.7 cm³/mol. The van der Waals surface area contributed by atoms with Crippen molar-refractivity contribution in [1.82, 2.24) is 10.3 Å². The van der Waals surface area contributed by atoms with E-state index in [1.54, 1.807) is 17.4 Å². The van der Waals surface area contributed by atoms with Gasteiger partial charge in [-0.05, 0) is 62.1 Å². The third-order valence-electron chi connectivity index (χ3n) is 5.33. The van der Waals surface area contributed by atoms with Crippen LogP contribution >= 0.6 is 11.3 Å². The van der Waals surface area contributed by atoms with Crippen LogP contribution in [0.3, 0.4) is 0 Å². The number of carbonyl (C=O) groups is 2. The average molecular weight is 371 g/mol. The third-order valence-corrected chi connectivity index (χ3v) is 6.42. The van der Waals surface area contributed by atoms with Gasteiger partial charge in [-0.15, -0.1) is 11.3 Å². The van der Waals surface area contributed by atoms with Gasteiger partial charge in [0.05, 0.1) is 11.6 Å². The van der Waals surface area contributed by atoms with E-state index in [4.69, 9.17) is 5.73 Å². The minimum Gasteiger partial charge on any atom is -0.365 e. The smallest absolute Gasteiger partial charge is 0.261 e. The van der Waals surface area contributed by atoms with Gasteiger partial charge in [0.1, 0.15) is 5.56 Å². The van der Waals surface area contributed by atoms with Crippen molar-refractivity contribution >= 4 is 23.2 Å². The maximum absolute atomic E-state index is 12.9. The zero-order chi connectivity index (χ0) is 18.3. The zero-order valence-electron chi connectivity index (χ0n) is 14.4. The Balaban J connectivity index is 1.63. The van der Waals surface area contributed by atoms with Crippen molar-refractivity contribution in [3.05, 3.63) is 54.6 Å². The van der Waals surface area contributed by atoms with Crippen molar-refractivity contribution in [3.8, 4) is 0 Å². The minimum absolute atomic E-state index is 0.0576. The number of primary amides is 1. The van der Waals surface area contributed by atoms with Crippen molar-refractivity contribution in [2.24, 2.45) is 5.73 Å². The Hall–Kier alpha value is -2.41. The number of hydrogen-bond donors (Lipinski definition) is 3. The number of aromatic nitrogens is 1. The van der Waals surface area contributed by atoms with Crippen LogP contribution in [0.15, 0.2) is 16.2 Å². The normalized spacial score (nSPS) is 18.7. The number of amides is 2. The number of carbonyl (C=O) groups excluding carboxylic acids is 2. The van der Waals surface area contributed by atoms with Gasteiger partial charge in [-0.2, -0.15) is 0 Å². The molecule has 0 radical (unpaired) electrons. The number of fused-ring (bicyclic) bond motifs is 2. The monoisotopic (exact) mass is 371 g/mol. The highest BCUT2D eigenvalue weighted by molar-refractivity contribution is 7.10. The summed E-state index contributed by atoms with van der Waals surface area (Å²) in [5.74, 6) is -0.828. The molecular formula is C19H21N3O3S. The Kier molecular flexibility index (Phi) is 4.40. The first kappa shape index (κ1) is 17.0. The lowest BCUT2D eigenvalue weighted by atomic mass is 9.89. The minimum atomic E-state index is -0.753. The summed E-state index contributed by atoms with van der Waals surface area (Å²) in [6, 6.07) is 1.32. The van der Waals surface area contributed by atoms with E-state index in [1.807, 2.05) is 5.38 Å². The molecule has 6 nitrogen and oxygen atoms in total. The fraction of sp³-hybridized carbons (Fsp3) is 0.421. The molecule has 2 aliphatic rings. The molecule has 1 unspecified atom stereocenters. The number of rotatable bonds is 3. The quantitative estimate of drug-likeness (QED) is 0.770. The molecule has 2 aliphatic carbocycles. The SMILES string of the molecule is NC(=O)c1cc2c([nH]c1=O)CCCC2NC(=O)c1csc2c1CCCC2.